The number of pyridine rings is 2. The van der Waals surface area contributed by atoms with E-state index in [1.165, 1.54) is 11.3 Å². The molecule has 5 rings (SSSR count). The molecule has 4 aromatic rings. The van der Waals surface area contributed by atoms with E-state index in [4.69, 9.17) is 0 Å². The average Bonchev–Trinajstić information content (AvgIpc) is 3.32. The summed E-state index contributed by atoms with van der Waals surface area (Å²) in [5, 5.41) is 13.8. The lowest BCUT2D eigenvalue weighted by Gasteiger charge is -2.36. The van der Waals surface area contributed by atoms with Crippen LogP contribution in [0.1, 0.15) is 59.0 Å². The number of aryl methyl sites for hydroxylation is 1. The van der Waals surface area contributed by atoms with E-state index in [1.807, 2.05) is 36.5 Å². The topological polar surface area (TPSA) is 90.1 Å². The second-order valence-corrected chi connectivity index (χ2v) is 10.5. The van der Waals surface area contributed by atoms with Crippen LogP contribution < -0.4 is 5.32 Å². The minimum atomic E-state index is 0.0351. The van der Waals surface area contributed by atoms with Crippen molar-refractivity contribution in [3.8, 4) is 17.2 Å². The van der Waals surface area contributed by atoms with Crippen LogP contribution >= 0.6 is 0 Å². The molecule has 8 heteroatoms. The van der Waals surface area contributed by atoms with Gasteiger partial charge < -0.3 is 14.8 Å². The van der Waals surface area contributed by atoms with Gasteiger partial charge in [0, 0.05) is 62.6 Å². The number of rotatable bonds is 6. The molecule has 0 radical (unpaired) electrons. The Hall–Kier alpha value is -4.22. The highest BCUT2D eigenvalue weighted by Crippen LogP contribution is 2.36. The number of benzene rings is 1. The number of nitriles is 1. The van der Waals surface area contributed by atoms with Gasteiger partial charge in [-0.05, 0) is 86.3 Å². The van der Waals surface area contributed by atoms with Crippen molar-refractivity contribution >= 4 is 22.8 Å². The number of amides is 1. The molecular formula is C31H35N7O. The molecule has 0 unspecified atom stereocenters. The van der Waals surface area contributed by atoms with Crippen LogP contribution in [0.5, 0.6) is 0 Å². The Labute approximate surface area is 229 Å². The zero-order chi connectivity index (χ0) is 27.7. The molecule has 1 atom stereocenters. The molecule has 0 aliphatic carbocycles. The van der Waals surface area contributed by atoms with Gasteiger partial charge >= 0.3 is 0 Å². The molecule has 1 aliphatic rings. The third-order valence-electron chi connectivity index (χ3n) is 8.05. The smallest absolute Gasteiger partial charge is 0.253 e. The van der Waals surface area contributed by atoms with E-state index in [0.29, 0.717) is 17.4 Å². The van der Waals surface area contributed by atoms with E-state index >= 15 is 0 Å². The fourth-order valence-electron chi connectivity index (χ4n) is 5.74. The highest BCUT2D eigenvalue weighted by atomic mass is 16.2. The van der Waals surface area contributed by atoms with Crippen molar-refractivity contribution in [2.75, 3.05) is 39.5 Å². The molecule has 8 nitrogen and oxygen atoms in total. The molecule has 1 aromatic carbocycles. The summed E-state index contributed by atoms with van der Waals surface area (Å²) >= 11 is 0. The summed E-state index contributed by atoms with van der Waals surface area (Å²) < 4.78 is 2.18. The molecule has 1 saturated heterocycles. The molecule has 1 amide bonds. The van der Waals surface area contributed by atoms with Crippen LogP contribution in [0.3, 0.4) is 0 Å². The number of nitrogens with one attached hydrogen (secondary N) is 1. The molecule has 4 heterocycles. The normalized spacial score (nSPS) is 15.2. The zero-order valence-electron chi connectivity index (χ0n) is 23.3. The number of carbonyl (C=O) groups is 1. The van der Waals surface area contributed by atoms with Gasteiger partial charge in [0.1, 0.15) is 17.5 Å². The Morgan fingerprint density at radius 3 is 2.46 bits per heavy atom. The number of nitrogens with zero attached hydrogens (tertiary/aromatic N) is 6. The van der Waals surface area contributed by atoms with E-state index in [9.17, 15) is 10.1 Å². The molecule has 1 aliphatic heterocycles. The van der Waals surface area contributed by atoms with Crippen LogP contribution in [0.25, 0.3) is 22.2 Å². The molecule has 0 bridgehead atoms. The van der Waals surface area contributed by atoms with Gasteiger partial charge in [0.15, 0.2) is 5.69 Å². The third-order valence-corrected chi connectivity index (χ3v) is 8.05. The first-order chi connectivity index (χ1) is 18.8. The van der Waals surface area contributed by atoms with Gasteiger partial charge in [-0.1, -0.05) is 12.1 Å². The number of hydrogen-bond acceptors (Lipinski definition) is 6. The largest absolute Gasteiger partial charge is 0.373 e. The number of anilines is 1. The molecule has 0 spiro atoms. The van der Waals surface area contributed by atoms with E-state index in [1.54, 1.807) is 26.0 Å². The zero-order valence-corrected chi connectivity index (χ0v) is 23.3. The molecule has 200 valence electrons. The Bertz CT molecular complexity index is 1540. The summed E-state index contributed by atoms with van der Waals surface area (Å²) in [5.74, 6) is 1.20. The summed E-state index contributed by atoms with van der Waals surface area (Å²) in [6, 6.07) is 18.7. The predicted molar refractivity (Wildman–Crippen MR) is 155 cm³/mol. The van der Waals surface area contributed by atoms with E-state index < -0.39 is 0 Å². The molecule has 39 heavy (non-hydrogen) atoms. The molecule has 1 N–H and O–H groups in total. The van der Waals surface area contributed by atoms with Crippen molar-refractivity contribution in [2.45, 2.75) is 31.7 Å². The van der Waals surface area contributed by atoms with Crippen LogP contribution in [0, 0.1) is 11.3 Å². The lowest BCUT2D eigenvalue weighted by atomic mass is 9.88. The minimum absolute atomic E-state index is 0.0351. The number of fused-ring (bicyclic) bond motifs is 1. The number of carbonyl (C=O) groups excluding carboxylic acids is 1. The van der Waals surface area contributed by atoms with E-state index in [0.717, 1.165) is 53.7 Å². The van der Waals surface area contributed by atoms with E-state index in [-0.39, 0.29) is 11.9 Å². The molecule has 3 aromatic heterocycles. The average molecular weight is 522 g/mol. The van der Waals surface area contributed by atoms with Crippen molar-refractivity contribution < 1.29 is 4.79 Å². The SMILES string of the molecule is CNc1ccc(-c2ccnc3c2cc([C@@H](C)N2CCC(c4ccc(C(=O)N(C)C)cc4)CC2)n3C)c(C#N)n1. The van der Waals surface area contributed by atoms with Crippen LogP contribution in [-0.4, -0.2) is 64.5 Å². The summed E-state index contributed by atoms with van der Waals surface area (Å²) in [4.78, 5) is 25.5. The highest BCUT2D eigenvalue weighted by molar-refractivity contribution is 5.95. The number of piperidine rings is 1. The van der Waals surface area contributed by atoms with Crippen molar-refractivity contribution in [3.63, 3.8) is 0 Å². The number of likely N-dealkylation sites (tertiary alicyclic amines) is 1. The summed E-state index contributed by atoms with van der Waals surface area (Å²) in [7, 11) is 7.43. The van der Waals surface area contributed by atoms with Crippen molar-refractivity contribution in [1.29, 1.82) is 5.26 Å². The van der Waals surface area contributed by atoms with Gasteiger partial charge in [0.25, 0.3) is 5.91 Å². The Morgan fingerprint density at radius 1 is 1.10 bits per heavy atom. The first-order valence-electron chi connectivity index (χ1n) is 13.4. The minimum Gasteiger partial charge on any atom is -0.373 e. The second kappa shape index (κ2) is 10.9. The lowest BCUT2D eigenvalue weighted by molar-refractivity contribution is 0.0827. The number of aromatic nitrogens is 3. The van der Waals surface area contributed by atoms with Crippen LogP contribution in [0.15, 0.2) is 54.7 Å². The summed E-state index contributed by atoms with van der Waals surface area (Å²) in [6.07, 6.45) is 3.96. The van der Waals surface area contributed by atoms with Gasteiger partial charge in [-0.3, -0.25) is 9.69 Å². The first-order valence-corrected chi connectivity index (χ1v) is 13.4. The predicted octanol–water partition coefficient (Wildman–Crippen LogP) is 5.19. The quantitative estimate of drug-likeness (QED) is 0.376. The molecule has 1 fully saturated rings. The maximum Gasteiger partial charge on any atom is 0.253 e. The number of hydrogen-bond donors (Lipinski definition) is 1. The van der Waals surface area contributed by atoms with Crippen LogP contribution in [0.4, 0.5) is 5.82 Å². The maximum absolute atomic E-state index is 12.2. The fraction of sp³-hybridized carbons (Fsp3) is 0.355. The van der Waals surface area contributed by atoms with Crippen LogP contribution in [-0.2, 0) is 7.05 Å². The van der Waals surface area contributed by atoms with Crippen molar-refractivity contribution in [3.05, 3.63) is 77.2 Å². The fourth-order valence-corrected chi connectivity index (χ4v) is 5.74. The summed E-state index contributed by atoms with van der Waals surface area (Å²) in [5.41, 5.74) is 6.32. The standard InChI is InChI=1S/C31H35N7O/c1-20(38-16-13-22(14-17-38)21-6-8-23(9-7-21)31(39)36(3)4)28-18-26-24(12-15-34-30(26)37(28)5)25-10-11-29(33-2)35-27(25)19-32/h6-12,15,18,20,22H,13-14,16-17H2,1-5H3,(H,33,35)/t20-/m1/s1. The second-order valence-electron chi connectivity index (χ2n) is 10.5. The monoisotopic (exact) mass is 521 g/mol. The van der Waals surface area contributed by atoms with Gasteiger partial charge in [-0.2, -0.15) is 5.26 Å². The Kier molecular flexibility index (Phi) is 7.36. The Morgan fingerprint density at radius 2 is 1.82 bits per heavy atom. The first kappa shape index (κ1) is 26.4. The van der Waals surface area contributed by atoms with Gasteiger partial charge in [0.05, 0.1) is 0 Å². The van der Waals surface area contributed by atoms with Gasteiger partial charge in [-0.15, -0.1) is 0 Å². The molecular weight excluding hydrogens is 486 g/mol. The van der Waals surface area contributed by atoms with Crippen molar-refractivity contribution in [2.24, 2.45) is 7.05 Å². The van der Waals surface area contributed by atoms with E-state index in [2.05, 4.69) is 63.0 Å². The highest BCUT2D eigenvalue weighted by Gasteiger charge is 2.27. The molecule has 0 saturated carbocycles. The maximum atomic E-state index is 12.2. The van der Waals surface area contributed by atoms with Gasteiger partial charge in [0.2, 0.25) is 0 Å². The van der Waals surface area contributed by atoms with Crippen molar-refractivity contribution in [1.82, 2.24) is 24.3 Å². The van der Waals surface area contributed by atoms with Crippen LogP contribution in [0.2, 0.25) is 0 Å². The Balaban J connectivity index is 1.35. The van der Waals surface area contributed by atoms with Gasteiger partial charge in [-0.25, -0.2) is 9.97 Å². The third kappa shape index (κ3) is 4.98. The summed E-state index contributed by atoms with van der Waals surface area (Å²) in [6.45, 7) is 4.26. The lowest BCUT2D eigenvalue weighted by Crippen LogP contribution is -2.35.